The van der Waals surface area contributed by atoms with Crippen LogP contribution in [0.4, 0.5) is 5.13 Å². The Kier molecular flexibility index (Phi) is 6.80. The number of amides is 1. The maximum Gasteiger partial charge on any atom is 0.308 e. The van der Waals surface area contributed by atoms with Crippen molar-refractivity contribution in [2.75, 3.05) is 5.32 Å². The first-order chi connectivity index (χ1) is 14.3. The predicted octanol–water partition coefficient (Wildman–Crippen LogP) is 4.53. The lowest BCUT2D eigenvalue weighted by molar-refractivity contribution is -0.131. The molecule has 0 bridgehead atoms. The number of thiazole rings is 1. The lowest BCUT2D eigenvalue weighted by atomic mass is 10.2. The number of ether oxygens (including phenoxy) is 1. The van der Waals surface area contributed by atoms with Crippen LogP contribution in [-0.2, 0) is 14.6 Å². The summed E-state index contributed by atoms with van der Waals surface area (Å²) in [5, 5.41) is 4.86. The Morgan fingerprint density at radius 1 is 1.13 bits per heavy atom. The fourth-order valence-electron chi connectivity index (χ4n) is 2.35. The molecule has 10 heteroatoms. The van der Waals surface area contributed by atoms with Gasteiger partial charge in [-0.2, -0.15) is 0 Å². The van der Waals surface area contributed by atoms with Crippen LogP contribution >= 0.6 is 27.3 Å². The highest BCUT2D eigenvalue weighted by atomic mass is 79.9. The van der Waals surface area contributed by atoms with Crippen molar-refractivity contribution in [1.82, 2.24) is 4.98 Å². The third-order valence-corrected chi connectivity index (χ3v) is 6.51. The normalized spacial score (nSPS) is 11.4. The largest absolute Gasteiger partial charge is 0.425 e. The molecule has 0 aliphatic rings. The first kappa shape index (κ1) is 21.9. The molecule has 1 amide bonds. The summed E-state index contributed by atoms with van der Waals surface area (Å²) in [6.45, 7) is 1.22. The quantitative estimate of drug-likeness (QED) is 0.389. The number of halogens is 1. The van der Waals surface area contributed by atoms with Crippen LogP contribution in [0.3, 0.4) is 0 Å². The van der Waals surface area contributed by atoms with Gasteiger partial charge in [0.2, 0.25) is 9.84 Å². The summed E-state index contributed by atoms with van der Waals surface area (Å²) in [6, 6.07) is 13.7. The van der Waals surface area contributed by atoms with Crippen LogP contribution in [0.1, 0.15) is 22.8 Å². The second kappa shape index (κ2) is 9.33. The number of nitrogens with zero attached hydrogens (tertiary/aromatic N) is 1. The number of nitrogens with one attached hydrogen (secondary N) is 1. The Morgan fingerprint density at radius 3 is 2.57 bits per heavy atom. The van der Waals surface area contributed by atoms with Gasteiger partial charge in [-0.15, -0.1) is 11.3 Å². The molecule has 3 rings (SSSR count). The zero-order valence-electron chi connectivity index (χ0n) is 15.5. The molecule has 0 aliphatic heterocycles. The summed E-state index contributed by atoms with van der Waals surface area (Å²) in [4.78, 5) is 27.9. The van der Waals surface area contributed by atoms with Crippen molar-refractivity contribution in [3.63, 3.8) is 0 Å². The number of rotatable bonds is 6. The average Bonchev–Trinajstić information content (AvgIpc) is 3.18. The molecule has 0 aliphatic carbocycles. The van der Waals surface area contributed by atoms with Gasteiger partial charge in [-0.1, -0.05) is 36.4 Å². The molecule has 3 aromatic rings. The molecule has 30 heavy (non-hydrogen) atoms. The second-order valence-electron chi connectivity index (χ2n) is 5.91. The van der Waals surface area contributed by atoms with Crippen LogP contribution in [0.2, 0.25) is 0 Å². The van der Waals surface area contributed by atoms with Crippen molar-refractivity contribution in [3.05, 3.63) is 74.9 Å². The molecule has 154 valence electrons. The van der Waals surface area contributed by atoms with Crippen LogP contribution in [0.25, 0.3) is 6.08 Å². The monoisotopic (exact) mass is 506 g/mol. The van der Waals surface area contributed by atoms with Gasteiger partial charge in [0.1, 0.15) is 0 Å². The maximum absolute atomic E-state index is 12.6. The SMILES string of the molecule is CC(=O)Oc1c(Br)cccc1C(=O)Nc1nc(S(=O)(=O)/C=C\c2ccccc2)cs1. The van der Waals surface area contributed by atoms with E-state index in [0.29, 0.717) is 4.47 Å². The number of hydrogen-bond donors (Lipinski definition) is 1. The van der Waals surface area contributed by atoms with E-state index in [1.54, 1.807) is 36.4 Å². The first-order valence-electron chi connectivity index (χ1n) is 8.48. The molecule has 1 N–H and O–H groups in total. The molecule has 0 unspecified atom stereocenters. The van der Waals surface area contributed by atoms with Crippen LogP contribution in [0, 0.1) is 0 Å². The molecule has 2 aromatic carbocycles. The highest BCUT2D eigenvalue weighted by Gasteiger charge is 2.20. The number of carbonyl (C=O) groups is 2. The van der Waals surface area contributed by atoms with Crippen LogP contribution in [0.5, 0.6) is 5.75 Å². The molecule has 7 nitrogen and oxygen atoms in total. The van der Waals surface area contributed by atoms with Gasteiger partial charge >= 0.3 is 5.97 Å². The van der Waals surface area contributed by atoms with Crippen LogP contribution in [-0.4, -0.2) is 25.3 Å². The lowest BCUT2D eigenvalue weighted by Gasteiger charge is -2.10. The van der Waals surface area contributed by atoms with E-state index in [0.717, 1.165) is 22.3 Å². The summed E-state index contributed by atoms with van der Waals surface area (Å²) in [5.41, 5.74) is 0.834. The number of para-hydroxylation sites is 1. The molecule has 0 fully saturated rings. The molecule has 0 saturated heterocycles. The standard InChI is InChI=1S/C20H15BrN2O5S2/c1-13(24)28-18-15(8-5-9-16(18)21)19(25)23-20-22-17(12-29-20)30(26,27)11-10-14-6-3-2-4-7-14/h2-12H,1H3,(H,22,23,25)/b11-10-. The van der Waals surface area contributed by atoms with Crippen molar-refractivity contribution in [2.45, 2.75) is 11.9 Å². The van der Waals surface area contributed by atoms with Gasteiger partial charge < -0.3 is 4.74 Å². The fourth-order valence-corrected chi connectivity index (χ4v) is 4.80. The number of benzene rings is 2. The first-order valence-corrected chi connectivity index (χ1v) is 11.7. The molecule has 0 saturated carbocycles. The zero-order valence-corrected chi connectivity index (χ0v) is 18.8. The minimum Gasteiger partial charge on any atom is -0.425 e. The van der Waals surface area contributed by atoms with Crippen molar-refractivity contribution in [3.8, 4) is 5.75 Å². The Balaban J connectivity index is 1.79. The van der Waals surface area contributed by atoms with Crippen molar-refractivity contribution >= 4 is 60.2 Å². The topological polar surface area (TPSA) is 102 Å². The number of aromatic nitrogens is 1. The van der Waals surface area contributed by atoms with Crippen LogP contribution < -0.4 is 10.1 Å². The van der Waals surface area contributed by atoms with E-state index in [1.165, 1.54) is 24.4 Å². The summed E-state index contributed by atoms with van der Waals surface area (Å²) in [5.74, 6) is -1.10. The molecule has 0 radical (unpaired) electrons. The van der Waals surface area contributed by atoms with E-state index >= 15 is 0 Å². The fraction of sp³-hybridized carbons (Fsp3) is 0.0500. The Morgan fingerprint density at radius 2 is 1.87 bits per heavy atom. The maximum atomic E-state index is 12.6. The minimum absolute atomic E-state index is 0.0673. The summed E-state index contributed by atoms with van der Waals surface area (Å²) in [6.07, 6.45) is 1.47. The van der Waals surface area contributed by atoms with E-state index in [2.05, 4.69) is 26.2 Å². The van der Waals surface area contributed by atoms with E-state index < -0.39 is 21.7 Å². The number of carbonyl (C=O) groups excluding carboxylic acids is 2. The van der Waals surface area contributed by atoms with Crippen LogP contribution in [0.15, 0.2) is 68.8 Å². The number of hydrogen-bond acceptors (Lipinski definition) is 7. The van der Waals surface area contributed by atoms with E-state index in [9.17, 15) is 18.0 Å². The van der Waals surface area contributed by atoms with Gasteiger partial charge in [-0.25, -0.2) is 13.4 Å². The van der Waals surface area contributed by atoms with Crippen molar-refractivity contribution in [1.29, 1.82) is 0 Å². The molecule has 0 spiro atoms. The number of sulfone groups is 1. The van der Waals surface area contributed by atoms with Gasteiger partial charge in [0.15, 0.2) is 15.9 Å². The third kappa shape index (κ3) is 5.41. The summed E-state index contributed by atoms with van der Waals surface area (Å²) < 4.78 is 30.5. The van der Waals surface area contributed by atoms with Gasteiger partial charge in [-0.05, 0) is 39.7 Å². The number of esters is 1. The Bertz CT molecular complexity index is 1220. The van der Waals surface area contributed by atoms with E-state index in [4.69, 9.17) is 4.74 Å². The highest BCUT2D eigenvalue weighted by Crippen LogP contribution is 2.30. The Hall–Kier alpha value is -2.82. The summed E-state index contributed by atoms with van der Waals surface area (Å²) in [7, 11) is -3.78. The lowest BCUT2D eigenvalue weighted by Crippen LogP contribution is -2.15. The van der Waals surface area contributed by atoms with E-state index in [-0.39, 0.29) is 21.5 Å². The van der Waals surface area contributed by atoms with Gasteiger partial charge in [-0.3, -0.25) is 14.9 Å². The second-order valence-corrected chi connectivity index (χ2v) is 9.41. The molecule has 0 atom stereocenters. The van der Waals surface area contributed by atoms with Gasteiger partial charge in [0, 0.05) is 17.7 Å². The highest BCUT2D eigenvalue weighted by molar-refractivity contribution is 9.10. The molecule has 1 aromatic heterocycles. The average molecular weight is 507 g/mol. The molecular weight excluding hydrogens is 492 g/mol. The summed E-state index contributed by atoms with van der Waals surface area (Å²) >= 11 is 4.21. The minimum atomic E-state index is -3.78. The zero-order chi connectivity index (χ0) is 21.7. The Labute approximate surface area is 185 Å². The third-order valence-electron chi connectivity index (χ3n) is 3.69. The predicted molar refractivity (Wildman–Crippen MR) is 118 cm³/mol. The van der Waals surface area contributed by atoms with Gasteiger partial charge in [0.25, 0.3) is 5.91 Å². The number of anilines is 1. The van der Waals surface area contributed by atoms with E-state index in [1.807, 2.05) is 6.07 Å². The molecular formula is C20H15BrN2O5S2. The smallest absolute Gasteiger partial charge is 0.308 e. The molecule has 1 heterocycles. The van der Waals surface area contributed by atoms with Crippen molar-refractivity contribution < 1.29 is 22.7 Å². The van der Waals surface area contributed by atoms with Crippen molar-refractivity contribution in [2.24, 2.45) is 0 Å². The van der Waals surface area contributed by atoms with Gasteiger partial charge in [0.05, 0.1) is 10.0 Å².